The van der Waals surface area contributed by atoms with Crippen molar-refractivity contribution in [3.05, 3.63) is 0 Å². The summed E-state index contributed by atoms with van der Waals surface area (Å²) < 4.78 is 5.73. The lowest BCUT2D eigenvalue weighted by Gasteiger charge is -2.25. The van der Waals surface area contributed by atoms with Gasteiger partial charge in [-0.05, 0) is 18.8 Å². The summed E-state index contributed by atoms with van der Waals surface area (Å²) in [6.07, 6.45) is 3.23. The molecule has 0 heterocycles. The van der Waals surface area contributed by atoms with E-state index in [2.05, 4.69) is 6.92 Å². The van der Waals surface area contributed by atoms with Crippen LogP contribution in [-0.4, -0.2) is 71.9 Å². The zero-order valence-corrected chi connectivity index (χ0v) is 11.3. The fourth-order valence-corrected chi connectivity index (χ4v) is 2.52. The number of nitrogens with zero attached hydrogens (tertiary/aromatic N) is 1. The Kier molecular flexibility index (Phi) is 7.77. The molecule has 0 aromatic heterocycles. The van der Waals surface area contributed by atoms with E-state index >= 15 is 0 Å². The Bertz CT molecular complexity index is 209. The molecule has 3 N–H and O–H groups in total. The molecule has 0 spiro atoms. The fourth-order valence-electron chi connectivity index (χ4n) is 2.52. The van der Waals surface area contributed by atoms with Crippen molar-refractivity contribution in [2.75, 3.05) is 39.5 Å². The molecule has 0 bridgehead atoms. The third-order valence-electron chi connectivity index (χ3n) is 3.59. The van der Waals surface area contributed by atoms with Gasteiger partial charge in [0, 0.05) is 19.6 Å². The Morgan fingerprint density at radius 2 is 1.89 bits per heavy atom. The van der Waals surface area contributed by atoms with Crippen LogP contribution in [0.1, 0.15) is 26.2 Å². The fraction of sp³-hybridized carbons (Fsp3) is 1.00. The molecule has 18 heavy (non-hydrogen) atoms. The minimum Gasteiger partial charge on any atom is -0.395 e. The first-order chi connectivity index (χ1) is 8.67. The van der Waals surface area contributed by atoms with E-state index in [1.54, 1.807) is 0 Å². The summed E-state index contributed by atoms with van der Waals surface area (Å²) in [5.41, 5.74) is 0. The lowest BCUT2D eigenvalue weighted by molar-refractivity contribution is -0.0338. The summed E-state index contributed by atoms with van der Waals surface area (Å²) in [6.45, 7) is 3.97. The van der Waals surface area contributed by atoms with Crippen LogP contribution >= 0.6 is 0 Å². The lowest BCUT2D eigenvalue weighted by atomic mass is 10.1. The largest absolute Gasteiger partial charge is 0.395 e. The normalized spacial score (nSPS) is 25.8. The molecular formula is C13H27NO4. The van der Waals surface area contributed by atoms with Gasteiger partial charge in [-0.1, -0.05) is 13.3 Å². The van der Waals surface area contributed by atoms with E-state index in [4.69, 9.17) is 14.9 Å². The molecule has 5 heteroatoms. The maximum Gasteiger partial charge on any atom is 0.0900 e. The van der Waals surface area contributed by atoms with E-state index in [1.165, 1.54) is 12.8 Å². The molecule has 0 saturated heterocycles. The first kappa shape index (κ1) is 15.9. The van der Waals surface area contributed by atoms with Gasteiger partial charge in [-0.3, -0.25) is 4.90 Å². The van der Waals surface area contributed by atoms with Crippen molar-refractivity contribution < 1.29 is 20.1 Å². The van der Waals surface area contributed by atoms with E-state index in [1.807, 2.05) is 4.90 Å². The number of aliphatic hydroxyl groups is 3. The van der Waals surface area contributed by atoms with Crippen LogP contribution in [0, 0.1) is 5.92 Å². The predicted molar refractivity (Wildman–Crippen MR) is 69.4 cm³/mol. The van der Waals surface area contributed by atoms with Crippen molar-refractivity contribution in [1.82, 2.24) is 4.90 Å². The number of ether oxygens (including phenoxy) is 1. The monoisotopic (exact) mass is 261 g/mol. The van der Waals surface area contributed by atoms with Crippen molar-refractivity contribution in [3.63, 3.8) is 0 Å². The highest BCUT2D eigenvalue weighted by Crippen LogP contribution is 2.27. The molecule has 1 rings (SSSR count). The van der Waals surface area contributed by atoms with Crippen LogP contribution in [0.5, 0.6) is 0 Å². The molecule has 5 nitrogen and oxygen atoms in total. The Hall–Kier alpha value is -0.200. The Balaban J connectivity index is 2.20. The van der Waals surface area contributed by atoms with Gasteiger partial charge in [-0.2, -0.15) is 0 Å². The van der Waals surface area contributed by atoms with E-state index in [-0.39, 0.29) is 19.3 Å². The second kappa shape index (κ2) is 8.82. The van der Waals surface area contributed by atoms with E-state index in [0.717, 1.165) is 6.42 Å². The maximum absolute atomic E-state index is 9.89. The summed E-state index contributed by atoms with van der Waals surface area (Å²) in [5.74, 6) is 0.586. The smallest absolute Gasteiger partial charge is 0.0900 e. The molecule has 1 saturated carbocycles. The number of hydrogen-bond donors (Lipinski definition) is 3. The summed E-state index contributed by atoms with van der Waals surface area (Å²) >= 11 is 0. The van der Waals surface area contributed by atoms with Crippen molar-refractivity contribution in [2.45, 2.75) is 38.4 Å². The Labute approximate surface area is 109 Å². The maximum atomic E-state index is 9.89. The van der Waals surface area contributed by atoms with Crippen LogP contribution in [-0.2, 0) is 4.74 Å². The average Bonchev–Trinajstić information content (AvgIpc) is 2.73. The van der Waals surface area contributed by atoms with E-state index in [9.17, 15) is 5.11 Å². The van der Waals surface area contributed by atoms with Crippen LogP contribution in [0.4, 0.5) is 0 Å². The van der Waals surface area contributed by atoms with Gasteiger partial charge in [-0.25, -0.2) is 0 Å². The highest BCUT2D eigenvalue weighted by atomic mass is 16.5. The zero-order chi connectivity index (χ0) is 13.4. The van der Waals surface area contributed by atoms with Crippen LogP contribution in [0.3, 0.4) is 0 Å². The highest BCUT2D eigenvalue weighted by Gasteiger charge is 2.24. The SMILES string of the molecule is C[C@@H]1CCC[C@@H]1OC[C@H](O)CN(CCO)CCO. The molecule has 1 fully saturated rings. The molecule has 3 atom stereocenters. The van der Waals surface area contributed by atoms with Crippen molar-refractivity contribution in [2.24, 2.45) is 5.92 Å². The number of hydrogen-bond acceptors (Lipinski definition) is 5. The molecule has 0 aromatic carbocycles. The van der Waals surface area contributed by atoms with Gasteiger partial charge in [0.25, 0.3) is 0 Å². The molecule has 0 aromatic rings. The number of rotatable bonds is 9. The van der Waals surface area contributed by atoms with Crippen LogP contribution < -0.4 is 0 Å². The topological polar surface area (TPSA) is 73.2 Å². The highest BCUT2D eigenvalue weighted by molar-refractivity contribution is 4.75. The quantitative estimate of drug-likeness (QED) is 0.538. The van der Waals surface area contributed by atoms with Gasteiger partial charge >= 0.3 is 0 Å². The summed E-state index contributed by atoms with van der Waals surface area (Å²) in [7, 11) is 0. The van der Waals surface area contributed by atoms with E-state index in [0.29, 0.717) is 32.2 Å². The Morgan fingerprint density at radius 3 is 2.39 bits per heavy atom. The van der Waals surface area contributed by atoms with Crippen LogP contribution in [0.2, 0.25) is 0 Å². The van der Waals surface area contributed by atoms with Gasteiger partial charge in [0.05, 0.1) is 32.0 Å². The van der Waals surface area contributed by atoms with Gasteiger partial charge in [0.1, 0.15) is 0 Å². The second-order valence-electron chi connectivity index (χ2n) is 5.18. The average molecular weight is 261 g/mol. The van der Waals surface area contributed by atoms with E-state index < -0.39 is 6.10 Å². The Morgan fingerprint density at radius 1 is 1.22 bits per heavy atom. The third kappa shape index (κ3) is 5.63. The summed E-state index contributed by atoms with van der Waals surface area (Å²) in [6, 6.07) is 0. The summed E-state index contributed by atoms with van der Waals surface area (Å²) in [4.78, 5) is 1.84. The van der Waals surface area contributed by atoms with Crippen molar-refractivity contribution in [1.29, 1.82) is 0 Å². The van der Waals surface area contributed by atoms with Crippen molar-refractivity contribution >= 4 is 0 Å². The molecular weight excluding hydrogens is 234 g/mol. The minimum absolute atomic E-state index is 0.0350. The van der Waals surface area contributed by atoms with Crippen molar-refractivity contribution in [3.8, 4) is 0 Å². The van der Waals surface area contributed by atoms with Gasteiger partial charge in [0.15, 0.2) is 0 Å². The lowest BCUT2D eigenvalue weighted by Crippen LogP contribution is -2.39. The first-order valence-corrected chi connectivity index (χ1v) is 6.91. The number of aliphatic hydroxyl groups excluding tert-OH is 3. The molecule has 0 unspecified atom stereocenters. The molecule has 1 aliphatic carbocycles. The summed E-state index contributed by atoms with van der Waals surface area (Å²) in [5, 5.41) is 27.6. The first-order valence-electron chi connectivity index (χ1n) is 6.91. The second-order valence-corrected chi connectivity index (χ2v) is 5.18. The zero-order valence-electron chi connectivity index (χ0n) is 11.3. The van der Waals surface area contributed by atoms with Gasteiger partial charge in [0.2, 0.25) is 0 Å². The van der Waals surface area contributed by atoms with Crippen LogP contribution in [0.15, 0.2) is 0 Å². The van der Waals surface area contributed by atoms with Gasteiger partial charge < -0.3 is 20.1 Å². The molecule has 0 aliphatic heterocycles. The van der Waals surface area contributed by atoms with Gasteiger partial charge in [-0.15, -0.1) is 0 Å². The molecule has 0 amide bonds. The standard InChI is InChI=1S/C13H27NO4/c1-11-3-2-4-13(11)18-10-12(17)9-14(5-7-15)6-8-16/h11-13,15-17H,2-10H2,1H3/t11-,12-,13+/m1/s1. The van der Waals surface area contributed by atoms with Crippen LogP contribution in [0.25, 0.3) is 0 Å². The molecule has 0 radical (unpaired) electrons. The predicted octanol–water partition coefficient (Wildman–Crippen LogP) is -0.161. The molecule has 108 valence electrons. The minimum atomic E-state index is -0.559. The third-order valence-corrected chi connectivity index (χ3v) is 3.59. The molecule has 1 aliphatic rings.